The van der Waals surface area contributed by atoms with Crippen molar-refractivity contribution in [3.63, 3.8) is 0 Å². The highest BCUT2D eigenvalue weighted by Gasteiger charge is 2.17. The Morgan fingerprint density at radius 2 is 2.11 bits per heavy atom. The summed E-state index contributed by atoms with van der Waals surface area (Å²) in [5.41, 5.74) is 1.89. The van der Waals surface area contributed by atoms with Crippen molar-refractivity contribution in [1.82, 2.24) is 10.3 Å². The number of nitrogens with one attached hydrogen (secondary N) is 1. The molecule has 5 nitrogen and oxygen atoms in total. The summed E-state index contributed by atoms with van der Waals surface area (Å²) in [6.45, 7) is 0. The Kier molecular flexibility index (Phi) is 4.20. The maximum Gasteiger partial charge on any atom is 0.272 e. The number of para-hydroxylation sites is 1. The monoisotopic (exact) mass is 257 g/mol. The van der Waals surface area contributed by atoms with E-state index in [4.69, 9.17) is 0 Å². The second kappa shape index (κ2) is 6.06. The molecule has 1 aromatic carbocycles. The summed E-state index contributed by atoms with van der Waals surface area (Å²) >= 11 is 0. The lowest BCUT2D eigenvalue weighted by atomic mass is 9.99. The van der Waals surface area contributed by atoms with Crippen LogP contribution >= 0.6 is 0 Å². The van der Waals surface area contributed by atoms with Crippen molar-refractivity contribution >= 4 is 5.69 Å². The number of nitro groups is 1. The van der Waals surface area contributed by atoms with Gasteiger partial charge in [0.05, 0.1) is 4.92 Å². The summed E-state index contributed by atoms with van der Waals surface area (Å²) < 4.78 is 0. The first-order valence-electron chi connectivity index (χ1n) is 6.02. The first-order valence-corrected chi connectivity index (χ1v) is 6.02. The van der Waals surface area contributed by atoms with Gasteiger partial charge in [0.2, 0.25) is 0 Å². The van der Waals surface area contributed by atoms with Gasteiger partial charge in [0.25, 0.3) is 5.69 Å². The molecule has 1 unspecified atom stereocenters. The van der Waals surface area contributed by atoms with Gasteiger partial charge in [-0.25, -0.2) is 0 Å². The maximum atomic E-state index is 11.0. The molecule has 1 heterocycles. The molecule has 2 rings (SSSR count). The van der Waals surface area contributed by atoms with E-state index >= 15 is 0 Å². The SMILES string of the molecule is CNC(Cc1ccccc1[N+](=O)[O-])c1cccnc1. The summed E-state index contributed by atoms with van der Waals surface area (Å²) in [6, 6.07) is 10.7. The maximum absolute atomic E-state index is 11.0. The molecular formula is C14H15N3O2. The third-order valence-electron chi connectivity index (χ3n) is 3.05. The molecule has 5 heteroatoms. The number of hydrogen-bond acceptors (Lipinski definition) is 4. The van der Waals surface area contributed by atoms with Crippen LogP contribution in [0.15, 0.2) is 48.8 Å². The lowest BCUT2D eigenvalue weighted by Gasteiger charge is -2.16. The van der Waals surface area contributed by atoms with Crippen LogP contribution in [0.1, 0.15) is 17.2 Å². The van der Waals surface area contributed by atoms with Crippen molar-refractivity contribution in [2.45, 2.75) is 12.5 Å². The Morgan fingerprint density at radius 3 is 2.74 bits per heavy atom. The number of pyridine rings is 1. The van der Waals surface area contributed by atoms with Crippen molar-refractivity contribution < 1.29 is 4.92 Å². The predicted octanol–water partition coefficient (Wildman–Crippen LogP) is 2.49. The van der Waals surface area contributed by atoms with Crippen molar-refractivity contribution in [2.75, 3.05) is 7.05 Å². The normalized spacial score (nSPS) is 12.1. The standard InChI is InChI=1S/C14H15N3O2/c1-15-13(12-6-4-8-16-10-12)9-11-5-2-3-7-14(11)17(18)19/h2-8,10,13,15H,9H2,1H3. The zero-order valence-corrected chi connectivity index (χ0v) is 10.6. The molecule has 1 N–H and O–H groups in total. The zero-order valence-electron chi connectivity index (χ0n) is 10.6. The highest BCUT2D eigenvalue weighted by atomic mass is 16.6. The van der Waals surface area contributed by atoms with Crippen LogP contribution < -0.4 is 5.32 Å². The molecule has 98 valence electrons. The Labute approximate surface area is 111 Å². The van der Waals surface area contributed by atoms with Gasteiger partial charge in [0.1, 0.15) is 0 Å². The minimum absolute atomic E-state index is 0.00907. The van der Waals surface area contributed by atoms with E-state index in [1.54, 1.807) is 24.5 Å². The van der Waals surface area contributed by atoms with Gasteiger partial charge >= 0.3 is 0 Å². The molecule has 0 aliphatic heterocycles. The van der Waals surface area contributed by atoms with Crippen LogP contribution in [0.25, 0.3) is 0 Å². The van der Waals surface area contributed by atoms with Gasteiger partial charge in [0.15, 0.2) is 0 Å². The molecule has 0 amide bonds. The number of nitrogens with zero attached hydrogens (tertiary/aromatic N) is 2. The fourth-order valence-electron chi connectivity index (χ4n) is 2.05. The Balaban J connectivity index is 2.27. The van der Waals surface area contributed by atoms with E-state index in [9.17, 15) is 10.1 Å². The molecule has 2 aromatic rings. The first-order chi connectivity index (χ1) is 9.22. The predicted molar refractivity (Wildman–Crippen MR) is 72.8 cm³/mol. The lowest BCUT2D eigenvalue weighted by Crippen LogP contribution is -2.19. The minimum atomic E-state index is -0.342. The van der Waals surface area contributed by atoms with Crippen LogP contribution in [-0.4, -0.2) is 17.0 Å². The molecule has 1 atom stereocenters. The average molecular weight is 257 g/mol. The lowest BCUT2D eigenvalue weighted by molar-refractivity contribution is -0.385. The molecule has 0 radical (unpaired) electrons. The largest absolute Gasteiger partial charge is 0.313 e. The van der Waals surface area contributed by atoms with E-state index in [1.807, 2.05) is 25.2 Å². The molecule has 0 bridgehead atoms. The summed E-state index contributed by atoms with van der Waals surface area (Å²) in [7, 11) is 1.84. The van der Waals surface area contributed by atoms with Crippen LogP contribution in [0.4, 0.5) is 5.69 Å². The van der Waals surface area contributed by atoms with Crippen molar-refractivity contribution in [1.29, 1.82) is 0 Å². The number of aromatic nitrogens is 1. The number of nitro benzene ring substituents is 1. The summed E-state index contributed by atoms with van der Waals surface area (Å²) in [6.07, 6.45) is 4.04. The van der Waals surface area contributed by atoms with E-state index in [-0.39, 0.29) is 16.7 Å². The van der Waals surface area contributed by atoms with E-state index in [1.165, 1.54) is 6.07 Å². The fourth-order valence-corrected chi connectivity index (χ4v) is 2.05. The van der Waals surface area contributed by atoms with Crippen LogP contribution in [0.5, 0.6) is 0 Å². The van der Waals surface area contributed by atoms with Crippen molar-refractivity contribution in [3.8, 4) is 0 Å². The fraction of sp³-hybridized carbons (Fsp3) is 0.214. The van der Waals surface area contributed by atoms with Gasteiger partial charge in [-0.2, -0.15) is 0 Å². The second-order valence-electron chi connectivity index (χ2n) is 4.22. The Hall–Kier alpha value is -2.27. The van der Waals surface area contributed by atoms with Crippen molar-refractivity contribution in [3.05, 3.63) is 70.0 Å². The molecule has 0 fully saturated rings. The van der Waals surface area contributed by atoms with E-state index in [2.05, 4.69) is 10.3 Å². The minimum Gasteiger partial charge on any atom is -0.313 e. The molecule has 0 aliphatic carbocycles. The third kappa shape index (κ3) is 3.14. The molecule has 1 aromatic heterocycles. The molecule has 0 saturated carbocycles. The molecule has 0 aliphatic rings. The van der Waals surface area contributed by atoms with Gasteiger partial charge in [-0.15, -0.1) is 0 Å². The van der Waals surface area contributed by atoms with Crippen molar-refractivity contribution in [2.24, 2.45) is 0 Å². The van der Waals surface area contributed by atoms with Crippen LogP contribution in [0, 0.1) is 10.1 Å². The molecular weight excluding hydrogens is 242 g/mol. The smallest absolute Gasteiger partial charge is 0.272 e. The molecule has 0 spiro atoms. The second-order valence-corrected chi connectivity index (χ2v) is 4.22. The van der Waals surface area contributed by atoms with E-state index < -0.39 is 0 Å². The van der Waals surface area contributed by atoms with Gasteiger partial charge in [-0.05, 0) is 25.1 Å². The first kappa shape index (κ1) is 13.2. The number of likely N-dealkylation sites (N-methyl/N-ethyl adjacent to an activating group) is 1. The number of rotatable bonds is 5. The summed E-state index contributed by atoms with van der Waals surface area (Å²) in [5.74, 6) is 0. The van der Waals surface area contributed by atoms with Crippen LogP contribution in [0.3, 0.4) is 0 Å². The highest BCUT2D eigenvalue weighted by Crippen LogP contribution is 2.24. The van der Waals surface area contributed by atoms with Gasteiger partial charge in [-0.3, -0.25) is 15.1 Å². The van der Waals surface area contributed by atoms with Gasteiger partial charge < -0.3 is 5.32 Å². The van der Waals surface area contributed by atoms with Gasteiger partial charge in [0, 0.05) is 30.1 Å². The topological polar surface area (TPSA) is 68.1 Å². The summed E-state index contributed by atoms with van der Waals surface area (Å²) in [4.78, 5) is 14.7. The highest BCUT2D eigenvalue weighted by molar-refractivity contribution is 5.40. The number of hydrogen-bond donors (Lipinski definition) is 1. The average Bonchev–Trinajstić information content (AvgIpc) is 2.46. The van der Waals surface area contributed by atoms with Crippen LogP contribution in [0.2, 0.25) is 0 Å². The van der Waals surface area contributed by atoms with Crippen LogP contribution in [-0.2, 0) is 6.42 Å². The van der Waals surface area contributed by atoms with E-state index in [0.717, 1.165) is 11.1 Å². The molecule has 0 saturated heterocycles. The quantitative estimate of drug-likeness (QED) is 0.660. The molecule has 19 heavy (non-hydrogen) atoms. The third-order valence-corrected chi connectivity index (χ3v) is 3.05. The number of benzene rings is 1. The van der Waals surface area contributed by atoms with E-state index in [0.29, 0.717) is 6.42 Å². The Bertz CT molecular complexity index is 558. The summed E-state index contributed by atoms with van der Waals surface area (Å²) in [5, 5.41) is 14.2. The van der Waals surface area contributed by atoms with Gasteiger partial charge in [-0.1, -0.05) is 24.3 Å². The Morgan fingerprint density at radius 1 is 1.32 bits per heavy atom. The zero-order chi connectivity index (χ0) is 13.7.